The highest BCUT2D eigenvalue weighted by Crippen LogP contribution is 2.32. The van der Waals surface area contributed by atoms with Gasteiger partial charge in [-0.3, -0.25) is 4.79 Å². The molecule has 0 saturated carbocycles. The summed E-state index contributed by atoms with van der Waals surface area (Å²) in [6.45, 7) is 3.67. The molecule has 1 rings (SSSR count). The van der Waals surface area contributed by atoms with Crippen LogP contribution in [0, 0.1) is 5.92 Å². The van der Waals surface area contributed by atoms with E-state index in [1.54, 1.807) is 0 Å². The number of ketones is 1. The van der Waals surface area contributed by atoms with Crippen LogP contribution in [0.15, 0.2) is 6.20 Å². The van der Waals surface area contributed by atoms with Crippen molar-refractivity contribution in [1.29, 1.82) is 0 Å². The fraction of sp³-hybridized carbons (Fsp3) is 0.556. The molecule has 0 aliphatic heterocycles. The highest BCUT2D eigenvalue weighted by Gasteiger charge is 2.35. The van der Waals surface area contributed by atoms with Crippen LogP contribution >= 0.6 is 11.3 Å². The Labute approximate surface area is 89.1 Å². The van der Waals surface area contributed by atoms with E-state index in [0.717, 1.165) is 6.20 Å². The molecular formula is C9H10F3NOS. The van der Waals surface area contributed by atoms with E-state index in [-0.39, 0.29) is 23.0 Å². The Kier molecular flexibility index (Phi) is 3.49. The van der Waals surface area contributed by atoms with Crippen molar-refractivity contribution in [1.82, 2.24) is 4.98 Å². The van der Waals surface area contributed by atoms with E-state index in [1.165, 1.54) is 0 Å². The van der Waals surface area contributed by atoms with Gasteiger partial charge in [-0.2, -0.15) is 13.2 Å². The van der Waals surface area contributed by atoms with Gasteiger partial charge in [0.05, 0.1) is 4.88 Å². The first-order valence-corrected chi connectivity index (χ1v) is 5.18. The van der Waals surface area contributed by atoms with Crippen molar-refractivity contribution in [2.75, 3.05) is 0 Å². The van der Waals surface area contributed by atoms with Gasteiger partial charge in [0.1, 0.15) is 0 Å². The summed E-state index contributed by atoms with van der Waals surface area (Å²) in [7, 11) is 0. The normalized spacial score (nSPS) is 12.1. The van der Waals surface area contributed by atoms with Crippen LogP contribution in [0.5, 0.6) is 0 Å². The van der Waals surface area contributed by atoms with E-state index in [4.69, 9.17) is 0 Å². The average molecular weight is 237 g/mol. The van der Waals surface area contributed by atoms with E-state index in [2.05, 4.69) is 4.98 Å². The van der Waals surface area contributed by atoms with Crippen LogP contribution in [0.25, 0.3) is 0 Å². The monoisotopic (exact) mass is 237 g/mol. The zero-order valence-electron chi connectivity index (χ0n) is 8.26. The highest BCUT2D eigenvalue weighted by atomic mass is 32.1. The number of hydrogen-bond donors (Lipinski definition) is 0. The van der Waals surface area contributed by atoms with Crippen LogP contribution in [0.3, 0.4) is 0 Å². The highest BCUT2D eigenvalue weighted by molar-refractivity contribution is 7.13. The molecule has 0 unspecified atom stereocenters. The minimum atomic E-state index is -4.46. The molecule has 0 aromatic carbocycles. The maximum Gasteiger partial charge on any atom is 0.443 e. The molecule has 2 nitrogen and oxygen atoms in total. The number of Topliss-reactive ketones (excluding diaryl/α,β-unsaturated/α-hetero) is 1. The Hall–Kier alpha value is -0.910. The smallest absolute Gasteiger partial charge is 0.293 e. The molecular weight excluding hydrogens is 227 g/mol. The molecule has 0 N–H and O–H groups in total. The van der Waals surface area contributed by atoms with E-state index in [0.29, 0.717) is 11.3 Å². The van der Waals surface area contributed by atoms with Crippen molar-refractivity contribution in [3.63, 3.8) is 0 Å². The summed E-state index contributed by atoms with van der Waals surface area (Å²) in [5.74, 6) is -0.146. The number of carbonyl (C=O) groups is 1. The molecule has 0 spiro atoms. The molecule has 0 saturated heterocycles. The lowest BCUT2D eigenvalue weighted by atomic mass is 10.1. The third kappa shape index (κ3) is 3.30. The van der Waals surface area contributed by atoms with Gasteiger partial charge in [-0.25, -0.2) is 4.98 Å². The number of thiazole rings is 1. The number of rotatable bonds is 3. The van der Waals surface area contributed by atoms with Crippen molar-refractivity contribution in [2.45, 2.75) is 26.4 Å². The second kappa shape index (κ2) is 4.30. The van der Waals surface area contributed by atoms with Crippen LogP contribution in [-0.4, -0.2) is 10.8 Å². The molecule has 0 fully saturated rings. The predicted molar refractivity (Wildman–Crippen MR) is 50.9 cm³/mol. The fourth-order valence-electron chi connectivity index (χ4n) is 1.01. The average Bonchev–Trinajstić information content (AvgIpc) is 2.48. The lowest BCUT2D eigenvalue weighted by molar-refractivity contribution is -0.137. The third-order valence-electron chi connectivity index (χ3n) is 1.62. The standard InChI is InChI=1S/C9H10F3NOS/c1-5(2)3-6(14)7-4-13-8(15-7)9(10,11)12/h4-5H,3H2,1-2H3. The number of alkyl halides is 3. The van der Waals surface area contributed by atoms with Gasteiger partial charge in [0, 0.05) is 12.6 Å². The van der Waals surface area contributed by atoms with Gasteiger partial charge >= 0.3 is 6.18 Å². The van der Waals surface area contributed by atoms with Crippen molar-refractivity contribution < 1.29 is 18.0 Å². The molecule has 1 aromatic rings. The van der Waals surface area contributed by atoms with Gasteiger partial charge in [0.25, 0.3) is 0 Å². The molecule has 0 aliphatic rings. The Balaban J connectivity index is 2.81. The second-order valence-electron chi connectivity index (χ2n) is 3.55. The maximum atomic E-state index is 12.2. The van der Waals surface area contributed by atoms with Gasteiger partial charge < -0.3 is 0 Å². The summed E-state index contributed by atoms with van der Waals surface area (Å²) in [4.78, 5) is 14.7. The fourth-order valence-corrected chi connectivity index (χ4v) is 1.74. The molecule has 15 heavy (non-hydrogen) atoms. The first-order valence-electron chi connectivity index (χ1n) is 4.37. The maximum absolute atomic E-state index is 12.2. The number of aromatic nitrogens is 1. The van der Waals surface area contributed by atoms with Crippen LogP contribution in [0.2, 0.25) is 0 Å². The predicted octanol–water partition coefficient (Wildman–Crippen LogP) is 3.39. The lowest BCUT2D eigenvalue weighted by Crippen LogP contribution is -2.03. The van der Waals surface area contributed by atoms with Gasteiger partial charge in [0.15, 0.2) is 10.8 Å². The number of nitrogens with zero attached hydrogens (tertiary/aromatic N) is 1. The van der Waals surface area contributed by atoms with Gasteiger partial charge in [-0.1, -0.05) is 13.8 Å². The summed E-state index contributed by atoms with van der Waals surface area (Å²) in [6.07, 6.45) is -3.21. The molecule has 0 radical (unpaired) electrons. The molecule has 6 heteroatoms. The molecule has 0 amide bonds. The summed E-state index contributed by atoms with van der Waals surface area (Å²) in [6, 6.07) is 0. The SMILES string of the molecule is CC(C)CC(=O)c1cnc(C(F)(F)F)s1. The van der Waals surface area contributed by atoms with Gasteiger partial charge in [0.2, 0.25) is 0 Å². The summed E-state index contributed by atoms with van der Waals surface area (Å²) in [5, 5.41) is -0.963. The first kappa shape index (κ1) is 12.2. The largest absolute Gasteiger partial charge is 0.443 e. The molecule has 1 heterocycles. The van der Waals surface area contributed by atoms with Gasteiger partial charge in [-0.15, -0.1) is 11.3 Å². The number of hydrogen-bond acceptors (Lipinski definition) is 3. The van der Waals surface area contributed by atoms with E-state index in [9.17, 15) is 18.0 Å². The van der Waals surface area contributed by atoms with Crippen molar-refractivity contribution in [2.24, 2.45) is 5.92 Å². The summed E-state index contributed by atoms with van der Waals surface area (Å²) >= 11 is 0.404. The summed E-state index contributed by atoms with van der Waals surface area (Å²) < 4.78 is 36.5. The van der Waals surface area contributed by atoms with Crippen LogP contribution in [0.4, 0.5) is 13.2 Å². The van der Waals surface area contributed by atoms with Crippen molar-refractivity contribution in [3.8, 4) is 0 Å². The van der Waals surface area contributed by atoms with Crippen LogP contribution < -0.4 is 0 Å². The molecule has 84 valence electrons. The lowest BCUT2D eigenvalue weighted by Gasteiger charge is -2.01. The Morgan fingerprint density at radius 2 is 2.13 bits per heavy atom. The zero-order valence-corrected chi connectivity index (χ0v) is 9.08. The van der Waals surface area contributed by atoms with Crippen LogP contribution in [0.1, 0.15) is 34.9 Å². The van der Waals surface area contributed by atoms with E-state index < -0.39 is 11.2 Å². The van der Waals surface area contributed by atoms with Crippen LogP contribution in [-0.2, 0) is 6.18 Å². The number of carbonyl (C=O) groups excluding carboxylic acids is 1. The minimum absolute atomic E-state index is 0.0797. The Morgan fingerprint density at radius 3 is 2.53 bits per heavy atom. The van der Waals surface area contributed by atoms with Gasteiger partial charge in [-0.05, 0) is 5.92 Å². The number of halogens is 3. The van der Waals surface area contributed by atoms with E-state index in [1.807, 2.05) is 13.8 Å². The van der Waals surface area contributed by atoms with E-state index >= 15 is 0 Å². The second-order valence-corrected chi connectivity index (χ2v) is 4.58. The summed E-state index contributed by atoms with van der Waals surface area (Å²) in [5.41, 5.74) is 0. The van der Waals surface area contributed by atoms with Crippen molar-refractivity contribution in [3.05, 3.63) is 16.1 Å². The third-order valence-corrected chi connectivity index (χ3v) is 2.70. The Bertz CT molecular complexity index is 356. The molecule has 0 atom stereocenters. The van der Waals surface area contributed by atoms with Crippen molar-refractivity contribution >= 4 is 17.1 Å². The Morgan fingerprint density at radius 1 is 1.53 bits per heavy atom. The molecule has 0 aliphatic carbocycles. The zero-order chi connectivity index (χ0) is 11.6. The first-order chi connectivity index (χ1) is 6.80. The molecule has 1 aromatic heterocycles. The minimum Gasteiger partial charge on any atom is -0.293 e. The quantitative estimate of drug-likeness (QED) is 0.754. The topological polar surface area (TPSA) is 30.0 Å². The molecule has 0 bridgehead atoms.